The van der Waals surface area contributed by atoms with Crippen molar-refractivity contribution in [2.24, 2.45) is 10.2 Å². The number of fused-ring (bicyclic) bond motifs is 1. The highest BCUT2D eigenvalue weighted by molar-refractivity contribution is 7.21. The van der Waals surface area contributed by atoms with Gasteiger partial charge in [-0.25, -0.2) is 4.98 Å². The zero-order chi connectivity index (χ0) is 18.1. The zero-order valence-corrected chi connectivity index (χ0v) is 14.9. The molecule has 0 aliphatic rings. The fraction of sp³-hybridized carbons (Fsp3) is 0.111. The Morgan fingerprint density at radius 2 is 1.88 bits per heavy atom. The van der Waals surface area contributed by atoms with Gasteiger partial charge >= 0.3 is 0 Å². The van der Waals surface area contributed by atoms with Crippen LogP contribution in [0.25, 0.3) is 15.9 Å². The molecular formula is C18H15N5O2S. The van der Waals surface area contributed by atoms with Crippen molar-refractivity contribution in [2.75, 3.05) is 7.11 Å². The Balaban J connectivity index is 1.73. The number of benzene rings is 2. The van der Waals surface area contributed by atoms with Crippen LogP contribution in [-0.2, 0) is 0 Å². The van der Waals surface area contributed by atoms with Crippen LogP contribution in [0.5, 0.6) is 11.6 Å². The highest BCUT2D eigenvalue weighted by Crippen LogP contribution is 2.35. The molecule has 4 aromatic rings. The van der Waals surface area contributed by atoms with Gasteiger partial charge in [-0.1, -0.05) is 29.5 Å². The first kappa shape index (κ1) is 16.2. The number of aromatic nitrogens is 3. The Morgan fingerprint density at radius 3 is 2.65 bits per heavy atom. The van der Waals surface area contributed by atoms with Crippen LogP contribution in [0.4, 0.5) is 10.9 Å². The lowest BCUT2D eigenvalue weighted by Crippen LogP contribution is -1.95. The number of hydrogen-bond donors (Lipinski definition) is 1. The molecule has 0 aliphatic heterocycles. The molecule has 26 heavy (non-hydrogen) atoms. The van der Waals surface area contributed by atoms with Crippen LogP contribution in [0, 0.1) is 6.92 Å². The molecule has 0 atom stereocenters. The molecule has 0 radical (unpaired) electrons. The molecule has 2 aromatic carbocycles. The van der Waals surface area contributed by atoms with Gasteiger partial charge in [-0.2, -0.15) is 4.98 Å². The van der Waals surface area contributed by atoms with Gasteiger partial charge in [0, 0.05) is 5.69 Å². The van der Waals surface area contributed by atoms with E-state index in [4.69, 9.17) is 4.74 Å². The van der Waals surface area contributed by atoms with Crippen LogP contribution in [0.15, 0.2) is 58.8 Å². The van der Waals surface area contributed by atoms with Crippen molar-refractivity contribution in [2.45, 2.75) is 6.92 Å². The van der Waals surface area contributed by atoms with E-state index >= 15 is 0 Å². The van der Waals surface area contributed by atoms with Crippen molar-refractivity contribution in [1.82, 2.24) is 14.5 Å². The molecule has 0 bridgehead atoms. The fourth-order valence-electron chi connectivity index (χ4n) is 2.63. The third kappa shape index (κ3) is 2.91. The normalized spacial score (nSPS) is 11.5. The Hall–Kier alpha value is -3.26. The molecule has 0 saturated carbocycles. The van der Waals surface area contributed by atoms with E-state index in [-0.39, 0.29) is 11.7 Å². The number of para-hydroxylation sites is 1. The number of azo groups is 1. The van der Waals surface area contributed by atoms with E-state index in [2.05, 4.69) is 20.2 Å². The van der Waals surface area contributed by atoms with Crippen molar-refractivity contribution in [3.8, 4) is 17.3 Å². The molecule has 0 saturated heterocycles. The van der Waals surface area contributed by atoms with Gasteiger partial charge in [0.1, 0.15) is 11.6 Å². The van der Waals surface area contributed by atoms with Crippen molar-refractivity contribution < 1.29 is 9.84 Å². The van der Waals surface area contributed by atoms with Crippen LogP contribution in [-0.4, -0.2) is 26.8 Å². The molecule has 8 heteroatoms. The Morgan fingerprint density at radius 1 is 1.08 bits per heavy atom. The molecule has 1 N–H and O–H groups in total. The number of nitrogens with zero attached hydrogens (tertiary/aromatic N) is 5. The Kier molecular flexibility index (Phi) is 4.10. The molecule has 0 unspecified atom stereocenters. The van der Waals surface area contributed by atoms with E-state index in [1.807, 2.05) is 48.5 Å². The first-order chi connectivity index (χ1) is 12.7. The third-order valence-corrected chi connectivity index (χ3v) is 4.73. The van der Waals surface area contributed by atoms with Gasteiger partial charge in [-0.3, -0.25) is 4.57 Å². The lowest BCUT2D eigenvalue weighted by molar-refractivity contribution is 0.415. The summed E-state index contributed by atoms with van der Waals surface area (Å²) in [6, 6.07) is 15.2. The fourth-order valence-corrected chi connectivity index (χ4v) is 3.45. The molecule has 0 aliphatic carbocycles. The van der Waals surface area contributed by atoms with Crippen LogP contribution >= 0.6 is 11.3 Å². The monoisotopic (exact) mass is 365 g/mol. The van der Waals surface area contributed by atoms with Crippen LogP contribution in [0.3, 0.4) is 0 Å². The Bertz CT molecular complexity index is 1100. The number of thiazole rings is 1. The molecule has 0 spiro atoms. The lowest BCUT2D eigenvalue weighted by atomic mass is 10.3. The second-order valence-corrected chi connectivity index (χ2v) is 6.52. The average Bonchev–Trinajstić information content (AvgIpc) is 3.19. The summed E-state index contributed by atoms with van der Waals surface area (Å²) in [5.74, 6) is 1.49. The Labute approximate surface area is 153 Å². The molecular weight excluding hydrogens is 350 g/mol. The van der Waals surface area contributed by atoms with Crippen molar-refractivity contribution >= 4 is 32.5 Å². The summed E-state index contributed by atoms with van der Waals surface area (Å²) < 4.78 is 7.92. The number of ether oxygens (including phenoxy) is 1. The molecule has 2 heterocycles. The topological polar surface area (TPSA) is 84.9 Å². The summed E-state index contributed by atoms with van der Waals surface area (Å²) in [4.78, 5) is 8.53. The number of rotatable bonds is 4. The summed E-state index contributed by atoms with van der Waals surface area (Å²) in [5, 5.41) is 19.0. The van der Waals surface area contributed by atoms with Gasteiger partial charge in [0.25, 0.3) is 5.88 Å². The summed E-state index contributed by atoms with van der Waals surface area (Å²) in [6.45, 7) is 1.80. The van der Waals surface area contributed by atoms with Crippen molar-refractivity contribution in [3.63, 3.8) is 0 Å². The van der Waals surface area contributed by atoms with Crippen LogP contribution < -0.4 is 4.74 Å². The zero-order valence-electron chi connectivity index (χ0n) is 14.1. The number of methoxy groups -OCH3 is 1. The smallest absolute Gasteiger partial charge is 0.259 e. The second kappa shape index (κ2) is 6.57. The predicted octanol–water partition coefficient (Wildman–Crippen LogP) is 4.92. The molecule has 7 nitrogen and oxygen atoms in total. The number of imidazole rings is 1. The highest BCUT2D eigenvalue weighted by Gasteiger charge is 2.15. The maximum absolute atomic E-state index is 10.1. The summed E-state index contributed by atoms with van der Waals surface area (Å²) in [7, 11) is 1.62. The van der Waals surface area contributed by atoms with Gasteiger partial charge in [0.05, 0.1) is 17.3 Å². The first-order valence-corrected chi connectivity index (χ1v) is 8.67. The highest BCUT2D eigenvalue weighted by atomic mass is 32.1. The van der Waals surface area contributed by atoms with Gasteiger partial charge in [-0.05, 0) is 37.3 Å². The maximum Gasteiger partial charge on any atom is 0.259 e. The van der Waals surface area contributed by atoms with Crippen molar-refractivity contribution in [3.05, 3.63) is 54.4 Å². The van der Waals surface area contributed by atoms with E-state index in [1.54, 1.807) is 18.6 Å². The molecule has 0 fully saturated rings. The van der Waals surface area contributed by atoms with E-state index < -0.39 is 0 Å². The minimum Gasteiger partial charge on any atom is -0.497 e. The molecule has 130 valence electrons. The minimum absolute atomic E-state index is 0.169. The average molecular weight is 365 g/mol. The van der Waals surface area contributed by atoms with Crippen LogP contribution in [0.1, 0.15) is 5.82 Å². The van der Waals surface area contributed by atoms with Crippen LogP contribution in [0.2, 0.25) is 0 Å². The SMILES string of the molecule is COc1ccc2nc(N=Nc3c(O)nc(C)n3-c3ccccc3)sc2c1. The van der Waals surface area contributed by atoms with E-state index in [9.17, 15) is 5.11 Å². The molecule has 4 rings (SSSR count). The summed E-state index contributed by atoms with van der Waals surface area (Å²) in [6.07, 6.45) is 0. The quantitative estimate of drug-likeness (QED) is 0.520. The number of aryl methyl sites for hydroxylation is 1. The second-order valence-electron chi connectivity index (χ2n) is 5.51. The van der Waals surface area contributed by atoms with Crippen molar-refractivity contribution in [1.29, 1.82) is 0 Å². The molecule has 2 aromatic heterocycles. The standard InChI is InChI=1S/C18H15N5O2S/c1-11-19-17(24)16(23(11)12-6-4-3-5-7-12)21-22-18-20-14-9-8-13(25-2)10-15(14)26-18/h3-10,24H,1-2H3. The van der Waals surface area contributed by atoms with E-state index in [0.717, 1.165) is 21.7 Å². The predicted molar refractivity (Wildman–Crippen MR) is 100 cm³/mol. The van der Waals surface area contributed by atoms with E-state index in [1.165, 1.54) is 11.3 Å². The van der Waals surface area contributed by atoms with Gasteiger partial charge in [0.2, 0.25) is 10.9 Å². The van der Waals surface area contributed by atoms with E-state index in [0.29, 0.717) is 11.0 Å². The molecule has 0 amide bonds. The van der Waals surface area contributed by atoms with Gasteiger partial charge in [0.15, 0.2) is 0 Å². The maximum atomic E-state index is 10.1. The van der Waals surface area contributed by atoms with Gasteiger partial charge in [-0.15, -0.1) is 10.2 Å². The largest absolute Gasteiger partial charge is 0.497 e. The first-order valence-electron chi connectivity index (χ1n) is 7.86. The van der Waals surface area contributed by atoms with Gasteiger partial charge < -0.3 is 9.84 Å². The number of aromatic hydroxyl groups is 1. The minimum atomic E-state index is -0.169. The third-order valence-electron chi connectivity index (χ3n) is 3.83. The summed E-state index contributed by atoms with van der Waals surface area (Å²) in [5.41, 5.74) is 1.67. The number of hydrogen-bond acceptors (Lipinski definition) is 7. The summed E-state index contributed by atoms with van der Waals surface area (Å²) >= 11 is 1.40. The lowest BCUT2D eigenvalue weighted by Gasteiger charge is -2.05.